The molecule has 82 valence electrons. The van der Waals surface area contributed by atoms with Crippen molar-refractivity contribution in [3.63, 3.8) is 0 Å². The lowest BCUT2D eigenvalue weighted by atomic mass is 9.97. The first-order valence-electron chi connectivity index (χ1n) is 4.71. The van der Waals surface area contributed by atoms with Gasteiger partial charge in [-0.2, -0.15) is 0 Å². The van der Waals surface area contributed by atoms with Crippen LogP contribution in [0.2, 0.25) is 0 Å². The zero-order valence-corrected chi connectivity index (χ0v) is 8.21. The smallest absolute Gasteiger partial charge is 0.330 e. The third-order valence-corrected chi connectivity index (χ3v) is 2.66. The fourth-order valence-corrected chi connectivity index (χ4v) is 1.68. The second kappa shape index (κ2) is 3.63. The lowest BCUT2D eigenvalue weighted by molar-refractivity contribution is -0.230. The molecule has 0 unspecified atom stereocenters. The maximum absolute atomic E-state index is 11.4. The highest BCUT2D eigenvalue weighted by atomic mass is 16.5. The molecule has 1 aliphatic rings. The minimum Gasteiger partial charge on any atom is -0.394 e. The van der Waals surface area contributed by atoms with Crippen molar-refractivity contribution in [3.8, 4) is 0 Å². The van der Waals surface area contributed by atoms with Crippen molar-refractivity contribution in [2.75, 3.05) is 6.61 Å². The SMILES string of the molecule is C[C@H]1[C@H](n2ccc(=O)[nH]c2=O)O[C@@H]1CO. The van der Waals surface area contributed by atoms with Crippen molar-refractivity contribution in [2.24, 2.45) is 5.92 Å². The predicted molar refractivity (Wildman–Crippen MR) is 51.5 cm³/mol. The molecule has 2 heterocycles. The molecule has 0 bridgehead atoms. The normalized spacial score (nSPS) is 29.9. The van der Waals surface area contributed by atoms with E-state index >= 15 is 0 Å². The van der Waals surface area contributed by atoms with Crippen molar-refractivity contribution in [2.45, 2.75) is 19.3 Å². The molecule has 1 fully saturated rings. The number of rotatable bonds is 2. The Balaban J connectivity index is 2.26. The summed E-state index contributed by atoms with van der Waals surface area (Å²) in [5.74, 6) is 0.0543. The number of aliphatic hydroxyl groups excluding tert-OH is 1. The largest absolute Gasteiger partial charge is 0.394 e. The van der Waals surface area contributed by atoms with E-state index in [9.17, 15) is 9.59 Å². The zero-order chi connectivity index (χ0) is 11.0. The molecular formula is C9H12N2O4. The van der Waals surface area contributed by atoms with Gasteiger partial charge in [0.05, 0.1) is 12.7 Å². The first-order chi connectivity index (χ1) is 7.13. The van der Waals surface area contributed by atoms with E-state index in [2.05, 4.69) is 4.98 Å². The fourth-order valence-electron chi connectivity index (χ4n) is 1.68. The third-order valence-electron chi connectivity index (χ3n) is 2.66. The van der Waals surface area contributed by atoms with Crippen LogP contribution in [0.15, 0.2) is 21.9 Å². The quantitative estimate of drug-likeness (QED) is 0.662. The molecule has 1 aliphatic heterocycles. The molecule has 0 aromatic carbocycles. The van der Waals surface area contributed by atoms with E-state index < -0.39 is 17.5 Å². The Bertz CT molecular complexity index is 464. The number of H-pyrrole nitrogens is 1. The van der Waals surface area contributed by atoms with E-state index in [0.717, 1.165) is 0 Å². The van der Waals surface area contributed by atoms with Crippen LogP contribution in [0.5, 0.6) is 0 Å². The summed E-state index contributed by atoms with van der Waals surface area (Å²) in [6, 6.07) is 1.27. The number of aromatic nitrogens is 2. The molecule has 1 aromatic heterocycles. The van der Waals surface area contributed by atoms with Crippen LogP contribution < -0.4 is 11.2 Å². The van der Waals surface area contributed by atoms with Gasteiger partial charge in [0.2, 0.25) is 0 Å². The van der Waals surface area contributed by atoms with Gasteiger partial charge in [-0.1, -0.05) is 6.92 Å². The lowest BCUT2D eigenvalue weighted by Gasteiger charge is -2.42. The van der Waals surface area contributed by atoms with Crippen molar-refractivity contribution >= 4 is 0 Å². The lowest BCUT2D eigenvalue weighted by Crippen LogP contribution is -2.49. The van der Waals surface area contributed by atoms with Gasteiger partial charge in [-0.05, 0) is 0 Å². The molecule has 3 atom stereocenters. The van der Waals surface area contributed by atoms with Crippen LogP contribution in [-0.2, 0) is 4.74 Å². The van der Waals surface area contributed by atoms with E-state index in [1.165, 1.54) is 16.8 Å². The Kier molecular flexibility index (Phi) is 2.45. The minimum absolute atomic E-state index is 0.0543. The summed E-state index contributed by atoms with van der Waals surface area (Å²) in [5.41, 5.74) is -0.919. The molecule has 1 aromatic rings. The second-order valence-corrected chi connectivity index (χ2v) is 3.62. The molecule has 15 heavy (non-hydrogen) atoms. The summed E-state index contributed by atoms with van der Waals surface area (Å²) in [5, 5.41) is 8.86. The summed E-state index contributed by atoms with van der Waals surface area (Å²) in [6.07, 6.45) is 0.774. The molecule has 0 amide bonds. The van der Waals surface area contributed by atoms with Gasteiger partial charge in [-0.3, -0.25) is 14.3 Å². The van der Waals surface area contributed by atoms with Crippen LogP contribution in [0.3, 0.4) is 0 Å². The number of nitrogens with zero attached hydrogens (tertiary/aromatic N) is 1. The van der Waals surface area contributed by atoms with Gasteiger partial charge in [0.25, 0.3) is 5.56 Å². The van der Waals surface area contributed by atoms with Gasteiger partial charge < -0.3 is 9.84 Å². The number of ether oxygens (including phenoxy) is 1. The predicted octanol–water partition coefficient (Wildman–Crippen LogP) is -0.938. The molecule has 6 heteroatoms. The Morgan fingerprint density at radius 2 is 2.33 bits per heavy atom. The van der Waals surface area contributed by atoms with Gasteiger partial charge in [0, 0.05) is 18.2 Å². The van der Waals surface area contributed by atoms with E-state index in [-0.39, 0.29) is 18.6 Å². The summed E-state index contributed by atoms with van der Waals surface area (Å²) < 4.78 is 6.62. The van der Waals surface area contributed by atoms with E-state index in [1.807, 2.05) is 6.92 Å². The zero-order valence-electron chi connectivity index (χ0n) is 8.21. The van der Waals surface area contributed by atoms with Crippen LogP contribution in [-0.4, -0.2) is 27.4 Å². The molecule has 0 aliphatic carbocycles. The van der Waals surface area contributed by atoms with Gasteiger partial charge >= 0.3 is 5.69 Å². The van der Waals surface area contributed by atoms with E-state index in [4.69, 9.17) is 9.84 Å². The summed E-state index contributed by atoms with van der Waals surface area (Å²) in [7, 11) is 0. The molecule has 2 rings (SSSR count). The Morgan fingerprint density at radius 1 is 1.60 bits per heavy atom. The van der Waals surface area contributed by atoms with Crippen molar-refractivity contribution in [1.82, 2.24) is 9.55 Å². The van der Waals surface area contributed by atoms with Crippen LogP contribution in [0, 0.1) is 5.92 Å². The Morgan fingerprint density at radius 3 is 2.87 bits per heavy atom. The van der Waals surface area contributed by atoms with Gasteiger partial charge in [-0.15, -0.1) is 0 Å². The number of hydrogen-bond donors (Lipinski definition) is 2. The highest BCUT2D eigenvalue weighted by molar-refractivity contribution is 4.90. The van der Waals surface area contributed by atoms with Crippen LogP contribution >= 0.6 is 0 Å². The van der Waals surface area contributed by atoms with Gasteiger partial charge in [-0.25, -0.2) is 4.79 Å². The highest BCUT2D eigenvalue weighted by Crippen LogP contribution is 2.35. The minimum atomic E-state index is -0.490. The third kappa shape index (κ3) is 1.62. The van der Waals surface area contributed by atoms with E-state index in [1.54, 1.807) is 0 Å². The van der Waals surface area contributed by atoms with Crippen molar-refractivity contribution < 1.29 is 9.84 Å². The van der Waals surface area contributed by atoms with Crippen molar-refractivity contribution in [3.05, 3.63) is 33.1 Å². The summed E-state index contributed by atoms with van der Waals surface area (Å²) >= 11 is 0. The second-order valence-electron chi connectivity index (χ2n) is 3.62. The maximum atomic E-state index is 11.4. The average molecular weight is 212 g/mol. The van der Waals surface area contributed by atoms with Gasteiger partial charge in [0.1, 0.15) is 6.23 Å². The van der Waals surface area contributed by atoms with E-state index in [0.29, 0.717) is 0 Å². The molecule has 6 nitrogen and oxygen atoms in total. The maximum Gasteiger partial charge on any atom is 0.330 e. The average Bonchev–Trinajstić information content (AvgIpc) is 2.20. The standard InChI is InChI=1S/C9H12N2O4/c1-5-6(4-12)15-8(5)11-3-2-7(13)10-9(11)14/h2-3,5-6,8,12H,4H2,1H3,(H,10,13,14)/t5-,6-,8-/m1/s1. The Hall–Kier alpha value is -1.40. The highest BCUT2D eigenvalue weighted by Gasteiger charge is 2.40. The van der Waals surface area contributed by atoms with Crippen LogP contribution in [0.4, 0.5) is 0 Å². The summed E-state index contributed by atoms with van der Waals surface area (Å²) in [4.78, 5) is 24.4. The molecule has 2 N–H and O–H groups in total. The first-order valence-corrected chi connectivity index (χ1v) is 4.71. The molecule has 0 saturated carbocycles. The Labute approximate surface area is 85.1 Å². The monoisotopic (exact) mass is 212 g/mol. The number of nitrogens with one attached hydrogen (secondary N) is 1. The molecule has 1 saturated heterocycles. The fraction of sp³-hybridized carbons (Fsp3) is 0.556. The topological polar surface area (TPSA) is 84.3 Å². The van der Waals surface area contributed by atoms with Gasteiger partial charge in [0.15, 0.2) is 0 Å². The number of hydrogen-bond acceptors (Lipinski definition) is 4. The summed E-state index contributed by atoms with van der Waals surface area (Å²) in [6.45, 7) is 1.82. The van der Waals surface area contributed by atoms with Crippen LogP contribution in [0.1, 0.15) is 13.2 Å². The molecule has 0 radical (unpaired) electrons. The van der Waals surface area contributed by atoms with Crippen molar-refractivity contribution in [1.29, 1.82) is 0 Å². The molecule has 0 spiro atoms. The van der Waals surface area contributed by atoms with Crippen LogP contribution in [0.25, 0.3) is 0 Å². The number of aromatic amines is 1. The molecular weight excluding hydrogens is 200 g/mol. The number of aliphatic hydroxyl groups is 1. The first kappa shape index (κ1) is 10.1.